The average molecular weight is 424 g/mol. The Kier molecular flexibility index (Phi) is 5.30. The molecule has 1 saturated carbocycles. The third-order valence-corrected chi connectivity index (χ3v) is 6.71. The first-order valence-electron chi connectivity index (χ1n) is 9.60. The Morgan fingerprint density at radius 1 is 0.933 bits per heavy atom. The second kappa shape index (κ2) is 7.91. The molecule has 0 radical (unpaired) electrons. The van der Waals surface area contributed by atoms with Crippen LogP contribution in [0, 0.1) is 5.82 Å². The minimum Gasteiger partial charge on any atom is -0.351 e. The lowest BCUT2D eigenvalue weighted by molar-refractivity contribution is 0.0949. The van der Waals surface area contributed by atoms with E-state index in [2.05, 4.69) is 22.2 Å². The summed E-state index contributed by atoms with van der Waals surface area (Å²) >= 11 is 0. The zero-order chi connectivity index (χ0) is 21.2. The molecule has 0 heterocycles. The molecule has 0 unspecified atom stereocenters. The van der Waals surface area contributed by atoms with Crippen LogP contribution >= 0.6 is 0 Å². The van der Waals surface area contributed by atoms with Gasteiger partial charge in [0.1, 0.15) is 5.82 Å². The fourth-order valence-corrected chi connectivity index (χ4v) is 4.50. The molecule has 0 aromatic heterocycles. The lowest BCUT2D eigenvalue weighted by Crippen LogP contribution is -2.32. The molecule has 2 N–H and O–H groups in total. The van der Waals surface area contributed by atoms with E-state index in [-0.39, 0.29) is 27.5 Å². The number of carbonyl (C=O) groups is 1. The van der Waals surface area contributed by atoms with E-state index in [9.17, 15) is 17.6 Å². The van der Waals surface area contributed by atoms with Gasteiger partial charge in [0, 0.05) is 23.2 Å². The number of halogens is 1. The first-order valence-corrected chi connectivity index (χ1v) is 11.1. The highest BCUT2D eigenvalue weighted by atomic mass is 32.2. The van der Waals surface area contributed by atoms with Crippen molar-refractivity contribution in [3.05, 3.63) is 95.8 Å². The number of sulfonamides is 1. The summed E-state index contributed by atoms with van der Waals surface area (Å²) in [4.78, 5) is 12.6. The maximum atomic E-state index is 13.0. The molecule has 0 spiro atoms. The SMILES string of the molecule is O=C(NCC1(c2ccccc2)CC1)c1cccc(S(=O)(=O)Nc2ccc(F)cc2)c1. The van der Waals surface area contributed by atoms with E-state index in [1.165, 1.54) is 48.0 Å². The summed E-state index contributed by atoms with van der Waals surface area (Å²) in [7, 11) is -3.91. The summed E-state index contributed by atoms with van der Waals surface area (Å²) in [5.74, 6) is -0.781. The number of benzene rings is 3. The molecule has 1 amide bonds. The molecule has 0 saturated heterocycles. The van der Waals surface area contributed by atoms with Crippen molar-refractivity contribution in [2.45, 2.75) is 23.2 Å². The minimum atomic E-state index is -3.91. The molecule has 30 heavy (non-hydrogen) atoms. The summed E-state index contributed by atoms with van der Waals surface area (Å²) in [6.45, 7) is 0.501. The van der Waals surface area contributed by atoms with E-state index in [4.69, 9.17) is 0 Å². The zero-order valence-corrected chi connectivity index (χ0v) is 17.0. The van der Waals surface area contributed by atoms with Crippen molar-refractivity contribution in [2.75, 3.05) is 11.3 Å². The van der Waals surface area contributed by atoms with Crippen LogP contribution < -0.4 is 10.0 Å². The average Bonchev–Trinajstić information content (AvgIpc) is 3.55. The molecule has 1 aliphatic rings. The van der Waals surface area contributed by atoms with Gasteiger partial charge < -0.3 is 5.32 Å². The molecule has 4 rings (SSSR count). The summed E-state index contributed by atoms with van der Waals surface area (Å²) in [6, 6.07) is 20.9. The normalized spacial score (nSPS) is 14.7. The highest BCUT2D eigenvalue weighted by molar-refractivity contribution is 7.92. The maximum absolute atomic E-state index is 13.0. The minimum absolute atomic E-state index is 0.0370. The van der Waals surface area contributed by atoms with Gasteiger partial charge in [-0.3, -0.25) is 9.52 Å². The van der Waals surface area contributed by atoms with Crippen molar-refractivity contribution in [3.63, 3.8) is 0 Å². The van der Waals surface area contributed by atoms with E-state index in [0.29, 0.717) is 6.54 Å². The fraction of sp³-hybridized carbons (Fsp3) is 0.174. The highest BCUT2D eigenvalue weighted by Crippen LogP contribution is 2.47. The largest absolute Gasteiger partial charge is 0.351 e. The number of amides is 1. The number of rotatable bonds is 7. The van der Waals surface area contributed by atoms with Crippen LogP contribution in [0.4, 0.5) is 10.1 Å². The molecule has 1 fully saturated rings. The van der Waals surface area contributed by atoms with Crippen LogP contribution in [0.2, 0.25) is 0 Å². The molecule has 0 bridgehead atoms. The number of hydrogen-bond acceptors (Lipinski definition) is 3. The lowest BCUT2D eigenvalue weighted by Gasteiger charge is -2.17. The molecule has 154 valence electrons. The second-order valence-electron chi connectivity index (χ2n) is 7.47. The van der Waals surface area contributed by atoms with E-state index < -0.39 is 15.8 Å². The first-order chi connectivity index (χ1) is 14.4. The van der Waals surface area contributed by atoms with Crippen LogP contribution in [-0.4, -0.2) is 20.9 Å². The molecule has 5 nitrogen and oxygen atoms in total. The van der Waals surface area contributed by atoms with Crippen molar-refractivity contribution in [1.29, 1.82) is 0 Å². The van der Waals surface area contributed by atoms with Gasteiger partial charge in [-0.2, -0.15) is 0 Å². The van der Waals surface area contributed by atoms with Crippen molar-refractivity contribution >= 4 is 21.6 Å². The van der Waals surface area contributed by atoms with Gasteiger partial charge in [0.05, 0.1) is 4.90 Å². The zero-order valence-electron chi connectivity index (χ0n) is 16.1. The second-order valence-corrected chi connectivity index (χ2v) is 9.15. The topological polar surface area (TPSA) is 75.3 Å². The first kappa shape index (κ1) is 20.1. The quantitative estimate of drug-likeness (QED) is 0.600. The molecule has 3 aromatic carbocycles. The fourth-order valence-electron chi connectivity index (χ4n) is 3.40. The van der Waals surface area contributed by atoms with E-state index in [1.807, 2.05) is 18.2 Å². The Morgan fingerprint density at radius 2 is 1.63 bits per heavy atom. The van der Waals surface area contributed by atoms with Crippen molar-refractivity contribution in [1.82, 2.24) is 5.32 Å². The molecule has 3 aromatic rings. The van der Waals surface area contributed by atoms with Crippen molar-refractivity contribution < 1.29 is 17.6 Å². The summed E-state index contributed by atoms with van der Waals surface area (Å²) in [6.07, 6.45) is 2.01. The van der Waals surface area contributed by atoms with Gasteiger partial charge in [0.15, 0.2) is 0 Å². The maximum Gasteiger partial charge on any atom is 0.261 e. The smallest absolute Gasteiger partial charge is 0.261 e. The van der Waals surface area contributed by atoms with Crippen molar-refractivity contribution in [2.24, 2.45) is 0 Å². The Balaban J connectivity index is 1.46. The van der Waals surface area contributed by atoms with Crippen molar-refractivity contribution in [3.8, 4) is 0 Å². The monoisotopic (exact) mass is 424 g/mol. The number of anilines is 1. The summed E-state index contributed by atoms with van der Waals surface area (Å²) < 4.78 is 40.7. The predicted molar refractivity (Wildman–Crippen MR) is 113 cm³/mol. The highest BCUT2D eigenvalue weighted by Gasteiger charge is 2.44. The Morgan fingerprint density at radius 3 is 2.30 bits per heavy atom. The number of nitrogens with one attached hydrogen (secondary N) is 2. The third-order valence-electron chi connectivity index (χ3n) is 5.33. The Labute approximate surface area is 175 Å². The molecular weight excluding hydrogens is 403 g/mol. The van der Waals surface area contributed by atoms with Crippen LogP contribution in [0.15, 0.2) is 83.8 Å². The Bertz CT molecular complexity index is 1160. The van der Waals surface area contributed by atoms with Crippen LogP contribution in [-0.2, 0) is 15.4 Å². The van der Waals surface area contributed by atoms with Crippen LogP contribution in [0.3, 0.4) is 0 Å². The standard InChI is InChI=1S/C23H21FN2O3S/c24-19-9-11-20(12-10-19)26-30(28,29)21-8-4-5-17(15-21)22(27)25-16-23(13-14-23)18-6-2-1-3-7-18/h1-12,15,26H,13-14,16H2,(H,25,27). The molecular formula is C23H21FN2O3S. The Hall–Kier alpha value is -3.19. The van der Waals surface area contributed by atoms with E-state index >= 15 is 0 Å². The van der Waals surface area contributed by atoms with Gasteiger partial charge in [0.25, 0.3) is 15.9 Å². The number of carbonyl (C=O) groups excluding carboxylic acids is 1. The van der Waals surface area contributed by atoms with Crippen LogP contribution in [0.25, 0.3) is 0 Å². The third kappa shape index (κ3) is 4.36. The van der Waals surface area contributed by atoms with Gasteiger partial charge >= 0.3 is 0 Å². The van der Waals surface area contributed by atoms with E-state index in [0.717, 1.165) is 12.8 Å². The lowest BCUT2D eigenvalue weighted by atomic mass is 9.96. The van der Waals surface area contributed by atoms with E-state index in [1.54, 1.807) is 6.07 Å². The molecule has 7 heteroatoms. The van der Waals surface area contributed by atoms with Crippen LogP contribution in [0.5, 0.6) is 0 Å². The summed E-state index contributed by atoms with van der Waals surface area (Å²) in [5.41, 5.74) is 1.67. The van der Waals surface area contributed by atoms with Gasteiger partial charge in [-0.25, -0.2) is 12.8 Å². The molecule has 0 aliphatic heterocycles. The number of hydrogen-bond donors (Lipinski definition) is 2. The van der Waals surface area contributed by atoms with Gasteiger partial charge in [-0.1, -0.05) is 36.4 Å². The van der Waals surface area contributed by atoms with Gasteiger partial charge in [0.2, 0.25) is 0 Å². The van der Waals surface area contributed by atoms with Crippen LogP contribution in [0.1, 0.15) is 28.8 Å². The summed E-state index contributed by atoms with van der Waals surface area (Å²) in [5, 5.41) is 2.94. The molecule has 1 aliphatic carbocycles. The van der Waals surface area contributed by atoms with Gasteiger partial charge in [-0.05, 0) is 60.9 Å². The predicted octanol–water partition coefficient (Wildman–Crippen LogP) is 4.09. The molecule has 0 atom stereocenters. The van der Waals surface area contributed by atoms with Gasteiger partial charge in [-0.15, -0.1) is 0 Å².